The van der Waals surface area contributed by atoms with Crippen molar-refractivity contribution in [1.82, 2.24) is 0 Å². The lowest BCUT2D eigenvalue weighted by molar-refractivity contribution is -0.691. The Hall–Kier alpha value is -1.38. The van der Waals surface area contributed by atoms with Crippen molar-refractivity contribution in [2.45, 2.75) is 20.4 Å². The summed E-state index contributed by atoms with van der Waals surface area (Å²) < 4.78 is 1.70. The summed E-state index contributed by atoms with van der Waals surface area (Å²) in [4.78, 5) is 10.4. The lowest BCUT2D eigenvalue weighted by atomic mass is 10.2. The zero-order valence-electron chi connectivity index (χ0n) is 7.24. The third-order valence-corrected chi connectivity index (χ3v) is 1.71. The number of hydrogen-bond donors (Lipinski definition) is 1. The van der Waals surface area contributed by atoms with Gasteiger partial charge in [0.1, 0.15) is 0 Å². The average molecular weight is 166 g/mol. The van der Waals surface area contributed by atoms with Crippen LogP contribution in [0.25, 0.3) is 0 Å². The predicted molar refractivity (Wildman–Crippen MR) is 43.7 cm³/mol. The first-order chi connectivity index (χ1) is 5.59. The number of rotatable bonds is 2. The largest absolute Gasteiger partial charge is 0.477 e. The van der Waals surface area contributed by atoms with Crippen LogP contribution in [0, 0.1) is 13.8 Å². The van der Waals surface area contributed by atoms with Crippen LogP contribution >= 0.6 is 0 Å². The van der Waals surface area contributed by atoms with Crippen LogP contribution in [0.1, 0.15) is 11.3 Å². The van der Waals surface area contributed by atoms with Crippen LogP contribution in [0.5, 0.6) is 0 Å². The molecule has 3 nitrogen and oxygen atoms in total. The van der Waals surface area contributed by atoms with Crippen LogP contribution in [0.3, 0.4) is 0 Å². The van der Waals surface area contributed by atoms with Crippen molar-refractivity contribution in [3.8, 4) is 0 Å². The molecule has 0 spiro atoms. The molecule has 0 aliphatic heterocycles. The minimum atomic E-state index is -0.813. The summed E-state index contributed by atoms with van der Waals surface area (Å²) in [5.74, 6) is -0.813. The number of hydrogen-bond acceptors (Lipinski definition) is 1. The Morgan fingerprint density at radius 2 is 2.25 bits per heavy atom. The van der Waals surface area contributed by atoms with E-state index in [1.807, 2.05) is 26.0 Å². The number of carboxylic acids is 1. The van der Waals surface area contributed by atoms with Gasteiger partial charge in [0.2, 0.25) is 6.54 Å². The van der Waals surface area contributed by atoms with E-state index in [0.717, 1.165) is 11.3 Å². The van der Waals surface area contributed by atoms with Gasteiger partial charge in [0.05, 0.1) is 0 Å². The van der Waals surface area contributed by atoms with E-state index in [0.29, 0.717) is 0 Å². The number of nitrogens with zero attached hydrogens (tertiary/aromatic N) is 1. The highest BCUT2D eigenvalue weighted by atomic mass is 16.4. The minimum absolute atomic E-state index is 0.0338. The fraction of sp³-hybridized carbons (Fsp3) is 0.333. The number of pyridine rings is 1. The highest BCUT2D eigenvalue weighted by Crippen LogP contribution is 1.95. The van der Waals surface area contributed by atoms with Crippen molar-refractivity contribution in [2.75, 3.05) is 0 Å². The smallest absolute Gasteiger partial charge is 0.370 e. The van der Waals surface area contributed by atoms with E-state index in [-0.39, 0.29) is 6.54 Å². The molecule has 0 aromatic carbocycles. The summed E-state index contributed by atoms with van der Waals surface area (Å²) in [5, 5.41) is 8.54. The summed E-state index contributed by atoms with van der Waals surface area (Å²) in [6.07, 6.45) is 1.79. The minimum Gasteiger partial charge on any atom is -0.477 e. The van der Waals surface area contributed by atoms with Gasteiger partial charge in [0, 0.05) is 19.1 Å². The van der Waals surface area contributed by atoms with Crippen molar-refractivity contribution in [3.63, 3.8) is 0 Å². The maximum atomic E-state index is 10.4. The van der Waals surface area contributed by atoms with Gasteiger partial charge in [0.25, 0.3) is 0 Å². The number of aryl methyl sites for hydroxylation is 2. The Bertz CT molecular complexity index is 307. The molecule has 1 rings (SSSR count). The van der Waals surface area contributed by atoms with E-state index in [1.165, 1.54) is 0 Å². The zero-order chi connectivity index (χ0) is 9.14. The monoisotopic (exact) mass is 166 g/mol. The molecule has 0 saturated heterocycles. The van der Waals surface area contributed by atoms with E-state index >= 15 is 0 Å². The third-order valence-electron chi connectivity index (χ3n) is 1.71. The molecule has 0 aliphatic rings. The van der Waals surface area contributed by atoms with Gasteiger partial charge in [0.15, 0.2) is 11.9 Å². The topological polar surface area (TPSA) is 41.2 Å². The van der Waals surface area contributed by atoms with E-state index in [4.69, 9.17) is 5.11 Å². The van der Waals surface area contributed by atoms with E-state index in [9.17, 15) is 4.79 Å². The first-order valence-electron chi connectivity index (χ1n) is 3.78. The SMILES string of the molecule is Cc1cc[n+](CC(=O)O)c(C)c1. The van der Waals surface area contributed by atoms with Crippen molar-refractivity contribution < 1.29 is 14.5 Å². The highest BCUT2D eigenvalue weighted by Gasteiger charge is 2.09. The Labute approximate surface area is 71.3 Å². The Balaban J connectivity index is 2.93. The van der Waals surface area contributed by atoms with Crippen LogP contribution in [-0.2, 0) is 11.3 Å². The maximum absolute atomic E-state index is 10.4. The van der Waals surface area contributed by atoms with Gasteiger partial charge in [-0.1, -0.05) is 0 Å². The van der Waals surface area contributed by atoms with Crippen LogP contribution in [0.15, 0.2) is 18.3 Å². The molecular weight excluding hydrogens is 154 g/mol. The highest BCUT2D eigenvalue weighted by molar-refractivity contribution is 5.64. The first-order valence-corrected chi connectivity index (χ1v) is 3.78. The third kappa shape index (κ3) is 2.05. The fourth-order valence-electron chi connectivity index (χ4n) is 1.11. The lowest BCUT2D eigenvalue weighted by Crippen LogP contribution is -2.40. The molecule has 3 heteroatoms. The summed E-state index contributed by atoms with van der Waals surface area (Å²) in [5.41, 5.74) is 2.12. The molecule has 0 radical (unpaired) electrons. The van der Waals surface area contributed by atoms with E-state index in [2.05, 4.69) is 0 Å². The summed E-state index contributed by atoms with van der Waals surface area (Å²) in [7, 11) is 0. The number of carboxylic acid groups (broad SMARTS) is 1. The molecule has 1 aromatic heterocycles. The van der Waals surface area contributed by atoms with Gasteiger partial charge in [-0.15, -0.1) is 0 Å². The van der Waals surface area contributed by atoms with Gasteiger partial charge in [-0.3, -0.25) is 0 Å². The number of aromatic nitrogens is 1. The average Bonchev–Trinajstić information content (AvgIpc) is 1.94. The van der Waals surface area contributed by atoms with Crippen molar-refractivity contribution >= 4 is 5.97 Å². The maximum Gasteiger partial charge on any atom is 0.370 e. The second-order valence-corrected chi connectivity index (χ2v) is 2.87. The second-order valence-electron chi connectivity index (χ2n) is 2.87. The molecule has 0 amide bonds. The van der Waals surface area contributed by atoms with Gasteiger partial charge in [-0.2, -0.15) is 4.57 Å². The standard InChI is InChI=1S/C9H11NO2/c1-7-3-4-10(6-9(11)12)8(2)5-7/h3-5H,6H2,1-2H3/p+1. The van der Waals surface area contributed by atoms with Crippen LogP contribution in [0.4, 0.5) is 0 Å². The summed E-state index contributed by atoms with van der Waals surface area (Å²) >= 11 is 0. The molecule has 0 fully saturated rings. The molecule has 1 N–H and O–H groups in total. The fourth-order valence-corrected chi connectivity index (χ4v) is 1.11. The van der Waals surface area contributed by atoms with E-state index in [1.54, 1.807) is 10.8 Å². The quantitative estimate of drug-likeness (QED) is 0.656. The molecule has 0 atom stereocenters. The first kappa shape index (κ1) is 8.71. The predicted octanol–water partition coefficient (Wildman–Crippen LogP) is 0.676. The summed E-state index contributed by atoms with van der Waals surface area (Å²) in [6, 6.07) is 3.86. The molecule has 1 aromatic rings. The normalized spacial score (nSPS) is 9.83. The molecule has 0 saturated carbocycles. The molecule has 0 unspecified atom stereocenters. The molecular formula is C9H12NO2+. The zero-order valence-corrected chi connectivity index (χ0v) is 7.24. The van der Waals surface area contributed by atoms with Crippen LogP contribution in [-0.4, -0.2) is 11.1 Å². The number of carbonyl (C=O) groups is 1. The van der Waals surface area contributed by atoms with Gasteiger partial charge in [-0.05, 0) is 12.5 Å². The lowest BCUT2D eigenvalue weighted by Gasteiger charge is -1.97. The molecule has 64 valence electrons. The Kier molecular flexibility index (Phi) is 2.43. The van der Waals surface area contributed by atoms with Crippen LogP contribution in [0.2, 0.25) is 0 Å². The van der Waals surface area contributed by atoms with Crippen molar-refractivity contribution in [1.29, 1.82) is 0 Å². The van der Waals surface area contributed by atoms with Gasteiger partial charge in [-0.25, -0.2) is 4.79 Å². The van der Waals surface area contributed by atoms with Crippen molar-refractivity contribution in [3.05, 3.63) is 29.6 Å². The second kappa shape index (κ2) is 3.34. The van der Waals surface area contributed by atoms with Crippen LogP contribution < -0.4 is 4.57 Å². The molecule has 0 aliphatic carbocycles. The number of aliphatic carboxylic acids is 1. The Morgan fingerprint density at radius 1 is 1.58 bits per heavy atom. The molecule has 1 heterocycles. The summed E-state index contributed by atoms with van der Waals surface area (Å²) in [6.45, 7) is 3.92. The van der Waals surface area contributed by atoms with Crippen molar-refractivity contribution in [2.24, 2.45) is 0 Å². The van der Waals surface area contributed by atoms with Gasteiger partial charge < -0.3 is 5.11 Å². The van der Waals surface area contributed by atoms with E-state index < -0.39 is 5.97 Å². The molecule has 12 heavy (non-hydrogen) atoms. The molecule has 0 bridgehead atoms. The Morgan fingerprint density at radius 3 is 2.75 bits per heavy atom. The van der Waals surface area contributed by atoms with Gasteiger partial charge >= 0.3 is 5.97 Å².